The van der Waals surface area contributed by atoms with Crippen molar-refractivity contribution in [2.24, 2.45) is 5.10 Å². The molecular weight excluding hydrogens is 578 g/mol. The van der Waals surface area contributed by atoms with E-state index in [1.165, 1.54) is 4.68 Å². The van der Waals surface area contributed by atoms with E-state index in [1.807, 2.05) is 45.0 Å². The molecule has 1 atom stereocenters. The zero-order valence-electron chi connectivity index (χ0n) is 23.1. The summed E-state index contributed by atoms with van der Waals surface area (Å²) in [5, 5.41) is 5.68. The van der Waals surface area contributed by atoms with E-state index < -0.39 is 0 Å². The third-order valence-corrected chi connectivity index (χ3v) is 7.32. The number of nitrogens with zero attached hydrogens (tertiary/aromatic N) is 3. The molecule has 0 radical (unpaired) electrons. The molecule has 0 saturated heterocycles. The first kappa shape index (κ1) is 28.8. The lowest BCUT2D eigenvalue weighted by atomic mass is 9.96. The number of benzene rings is 3. The van der Waals surface area contributed by atoms with Crippen molar-refractivity contribution in [3.8, 4) is 22.9 Å². The molecule has 0 unspecified atom stereocenters. The van der Waals surface area contributed by atoms with Crippen LogP contribution in [-0.4, -0.2) is 28.6 Å². The molecule has 0 saturated carbocycles. The molecule has 204 valence electrons. The molecule has 0 N–H and O–H groups in total. The molecule has 0 aliphatic carbocycles. The second kappa shape index (κ2) is 12.3. The second-order valence-electron chi connectivity index (χ2n) is 9.75. The van der Waals surface area contributed by atoms with Crippen LogP contribution in [0.5, 0.6) is 11.5 Å². The maximum absolute atomic E-state index is 13.8. The average Bonchev–Trinajstić information content (AvgIpc) is 2.90. The predicted molar refractivity (Wildman–Crippen MR) is 164 cm³/mol. The van der Waals surface area contributed by atoms with Crippen LogP contribution in [0.2, 0.25) is 5.02 Å². The van der Waals surface area contributed by atoms with E-state index in [0.717, 1.165) is 28.9 Å². The molecule has 0 aliphatic rings. The summed E-state index contributed by atoms with van der Waals surface area (Å²) in [6, 6.07) is 14.9. The number of aromatic nitrogens is 2. The lowest BCUT2D eigenvalue weighted by Crippen LogP contribution is -2.21. The van der Waals surface area contributed by atoms with E-state index >= 15 is 0 Å². The van der Waals surface area contributed by atoms with Gasteiger partial charge in [-0.1, -0.05) is 44.5 Å². The zero-order chi connectivity index (χ0) is 28.3. The number of halogens is 2. The fourth-order valence-corrected chi connectivity index (χ4v) is 5.21. The second-order valence-corrected chi connectivity index (χ2v) is 11.0. The molecular formula is C31H33BrClN3O3. The number of rotatable bonds is 9. The van der Waals surface area contributed by atoms with Gasteiger partial charge in [-0.2, -0.15) is 9.78 Å². The first-order valence-corrected chi connectivity index (χ1v) is 14.3. The minimum atomic E-state index is -0.267. The van der Waals surface area contributed by atoms with Gasteiger partial charge in [0.1, 0.15) is 11.5 Å². The van der Waals surface area contributed by atoms with Gasteiger partial charge in [0.2, 0.25) is 0 Å². The van der Waals surface area contributed by atoms with Crippen molar-refractivity contribution >= 4 is 44.6 Å². The monoisotopic (exact) mass is 609 g/mol. The predicted octanol–water partition coefficient (Wildman–Crippen LogP) is 8.37. The van der Waals surface area contributed by atoms with Crippen LogP contribution in [0.1, 0.15) is 63.6 Å². The van der Waals surface area contributed by atoms with Gasteiger partial charge in [-0.15, -0.1) is 0 Å². The van der Waals surface area contributed by atoms with Gasteiger partial charge >= 0.3 is 0 Å². The minimum absolute atomic E-state index is 0.0174. The Labute approximate surface area is 242 Å². The summed E-state index contributed by atoms with van der Waals surface area (Å²) in [7, 11) is 0. The number of hydrogen-bond donors (Lipinski definition) is 0. The van der Waals surface area contributed by atoms with E-state index in [0.29, 0.717) is 44.1 Å². The van der Waals surface area contributed by atoms with Crippen molar-refractivity contribution in [1.29, 1.82) is 0 Å². The smallest absolute Gasteiger partial charge is 0.282 e. The molecule has 0 fully saturated rings. The SMILES string of the molecule is CCOc1cc(C)c(-c2nc3ccccc3c(=O)n2N=Cc2cc(Cl)cc(Br)c2O[C@@H](C)CC)cc1C(C)C. The molecule has 3 aromatic carbocycles. The summed E-state index contributed by atoms with van der Waals surface area (Å²) in [6.07, 6.45) is 2.42. The van der Waals surface area contributed by atoms with E-state index in [-0.39, 0.29) is 17.6 Å². The molecule has 0 bridgehead atoms. The fraction of sp³-hybridized carbons (Fsp3) is 0.323. The van der Waals surface area contributed by atoms with E-state index in [1.54, 1.807) is 24.4 Å². The maximum atomic E-state index is 13.8. The van der Waals surface area contributed by atoms with Gasteiger partial charge in [-0.3, -0.25) is 4.79 Å². The Bertz CT molecular complexity index is 1600. The van der Waals surface area contributed by atoms with Gasteiger partial charge in [0.05, 0.1) is 34.3 Å². The molecule has 8 heteroatoms. The highest BCUT2D eigenvalue weighted by Crippen LogP contribution is 2.35. The Morgan fingerprint density at radius 1 is 1.13 bits per heavy atom. The molecule has 0 aliphatic heterocycles. The summed E-state index contributed by atoms with van der Waals surface area (Å²) in [5.41, 5.74) is 3.77. The Kier molecular flexibility index (Phi) is 9.13. The van der Waals surface area contributed by atoms with E-state index in [2.05, 4.69) is 47.9 Å². The zero-order valence-corrected chi connectivity index (χ0v) is 25.4. The average molecular weight is 611 g/mol. The number of hydrogen-bond acceptors (Lipinski definition) is 5. The van der Waals surface area contributed by atoms with Crippen molar-refractivity contribution in [1.82, 2.24) is 9.66 Å². The molecule has 1 heterocycles. The Morgan fingerprint density at radius 2 is 1.87 bits per heavy atom. The van der Waals surface area contributed by atoms with Gasteiger partial charge in [0, 0.05) is 16.1 Å². The van der Waals surface area contributed by atoms with Crippen molar-refractivity contribution in [2.45, 2.75) is 60.0 Å². The number of ether oxygens (including phenoxy) is 2. The number of para-hydroxylation sites is 1. The van der Waals surface area contributed by atoms with Crippen LogP contribution in [-0.2, 0) is 0 Å². The lowest BCUT2D eigenvalue weighted by molar-refractivity contribution is 0.215. The highest BCUT2D eigenvalue weighted by molar-refractivity contribution is 9.10. The van der Waals surface area contributed by atoms with Crippen LogP contribution < -0.4 is 15.0 Å². The van der Waals surface area contributed by atoms with Crippen molar-refractivity contribution in [2.75, 3.05) is 6.61 Å². The quantitative estimate of drug-likeness (QED) is 0.179. The third-order valence-electron chi connectivity index (χ3n) is 6.52. The summed E-state index contributed by atoms with van der Waals surface area (Å²) in [4.78, 5) is 18.7. The lowest BCUT2D eigenvalue weighted by Gasteiger charge is -2.18. The number of fused-ring (bicyclic) bond motifs is 1. The first-order chi connectivity index (χ1) is 18.6. The Hall–Kier alpha value is -3.16. The topological polar surface area (TPSA) is 65.7 Å². The molecule has 4 rings (SSSR count). The molecule has 39 heavy (non-hydrogen) atoms. The Balaban J connectivity index is 1.97. The largest absolute Gasteiger partial charge is 0.494 e. The van der Waals surface area contributed by atoms with Crippen LogP contribution in [0.4, 0.5) is 0 Å². The molecule has 0 spiro atoms. The molecule has 4 aromatic rings. The van der Waals surface area contributed by atoms with Gasteiger partial charge in [-0.25, -0.2) is 4.98 Å². The van der Waals surface area contributed by atoms with Gasteiger partial charge in [0.25, 0.3) is 5.56 Å². The van der Waals surface area contributed by atoms with Crippen molar-refractivity contribution < 1.29 is 9.47 Å². The van der Waals surface area contributed by atoms with Crippen LogP contribution in [0.15, 0.2) is 62.9 Å². The van der Waals surface area contributed by atoms with Gasteiger partial charge in [0.15, 0.2) is 5.82 Å². The highest BCUT2D eigenvalue weighted by atomic mass is 79.9. The van der Waals surface area contributed by atoms with Crippen molar-refractivity contribution in [3.63, 3.8) is 0 Å². The van der Waals surface area contributed by atoms with Crippen molar-refractivity contribution in [3.05, 3.63) is 85.1 Å². The standard InChI is InChI=1S/C31H33BrClN3O3/c1-7-20(6)39-29-21(14-22(33)15-26(29)32)17-34-36-30(35-27-12-10-9-11-23(27)31(36)37)25-16-24(18(3)4)28(38-8-2)13-19(25)5/h9-18,20H,7-8H2,1-6H3/t20-/m0/s1. The summed E-state index contributed by atoms with van der Waals surface area (Å²) in [6.45, 7) is 12.8. The third kappa shape index (κ3) is 6.20. The van der Waals surface area contributed by atoms with E-state index in [9.17, 15) is 4.79 Å². The molecule has 6 nitrogen and oxygen atoms in total. The first-order valence-electron chi connectivity index (χ1n) is 13.1. The number of aryl methyl sites for hydroxylation is 1. The van der Waals surface area contributed by atoms with E-state index in [4.69, 9.17) is 26.1 Å². The van der Waals surface area contributed by atoms with Gasteiger partial charge in [-0.05, 0) is 96.6 Å². The fourth-order valence-electron chi connectivity index (χ4n) is 4.28. The summed E-state index contributed by atoms with van der Waals surface area (Å²) >= 11 is 9.95. The Morgan fingerprint density at radius 3 is 2.56 bits per heavy atom. The van der Waals surface area contributed by atoms with Crippen LogP contribution >= 0.6 is 27.5 Å². The van der Waals surface area contributed by atoms with Crippen LogP contribution in [0.25, 0.3) is 22.3 Å². The summed E-state index contributed by atoms with van der Waals surface area (Å²) < 4.78 is 14.2. The maximum Gasteiger partial charge on any atom is 0.282 e. The normalized spacial score (nSPS) is 12.4. The van der Waals surface area contributed by atoms with Crippen LogP contribution in [0.3, 0.4) is 0 Å². The molecule has 1 aromatic heterocycles. The minimum Gasteiger partial charge on any atom is -0.494 e. The van der Waals surface area contributed by atoms with Gasteiger partial charge < -0.3 is 9.47 Å². The molecule has 0 amide bonds. The van der Waals surface area contributed by atoms with Crippen LogP contribution in [0, 0.1) is 6.92 Å². The summed E-state index contributed by atoms with van der Waals surface area (Å²) in [5.74, 6) is 2.10. The highest BCUT2D eigenvalue weighted by Gasteiger charge is 2.19.